The summed E-state index contributed by atoms with van der Waals surface area (Å²) in [5.41, 5.74) is 2.47. The van der Waals surface area contributed by atoms with Crippen LogP contribution in [0.2, 0.25) is 0 Å². The predicted molar refractivity (Wildman–Crippen MR) is 116 cm³/mol. The van der Waals surface area contributed by atoms with Crippen LogP contribution >= 0.6 is 0 Å². The van der Waals surface area contributed by atoms with Crippen molar-refractivity contribution in [1.82, 2.24) is 19.6 Å². The topological polar surface area (TPSA) is 101 Å². The van der Waals surface area contributed by atoms with Gasteiger partial charge in [-0.2, -0.15) is 5.10 Å². The lowest BCUT2D eigenvalue weighted by atomic mass is 10.2. The number of fused-ring (bicyclic) bond motifs is 3. The fourth-order valence-electron chi connectivity index (χ4n) is 3.35. The van der Waals surface area contributed by atoms with Crippen LogP contribution in [0.4, 0.5) is 5.69 Å². The average Bonchev–Trinajstić information content (AvgIpc) is 3.23. The van der Waals surface area contributed by atoms with Crippen LogP contribution in [0.25, 0.3) is 16.6 Å². The van der Waals surface area contributed by atoms with Crippen molar-refractivity contribution in [3.63, 3.8) is 0 Å². The minimum atomic E-state index is -0.384. The third kappa shape index (κ3) is 3.62. The largest absolute Gasteiger partial charge is 0.489 e. The molecule has 0 spiro atoms. The molecule has 152 valence electrons. The van der Waals surface area contributed by atoms with Crippen molar-refractivity contribution >= 4 is 28.1 Å². The van der Waals surface area contributed by atoms with Crippen molar-refractivity contribution in [2.75, 3.05) is 5.32 Å². The Morgan fingerprint density at radius 2 is 1.97 bits per heavy atom. The molecule has 0 saturated heterocycles. The summed E-state index contributed by atoms with van der Waals surface area (Å²) in [6.07, 6.45) is 4.88. The summed E-state index contributed by atoms with van der Waals surface area (Å²) >= 11 is 0. The van der Waals surface area contributed by atoms with E-state index in [1.54, 1.807) is 53.3 Å². The molecule has 2 N–H and O–H groups in total. The second-order valence-corrected chi connectivity index (χ2v) is 6.92. The summed E-state index contributed by atoms with van der Waals surface area (Å²) in [6, 6.07) is 18.0. The summed E-state index contributed by atoms with van der Waals surface area (Å²) in [5, 5.41) is 7.63. The second-order valence-electron chi connectivity index (χ2n) is 6.92. The quantitative estimate of drug-likeness (QED) is 0.462. The number of benzene rings is 2. The molecule has 0 saturated carbocycles. The third-order valence-electron chi connectivity index (χ3n) is 4.84. The highest BCUT2D eigenvalue weighted by atomic mass is 16.5. The molecule has 8 heteroatoms. The number of ether oxygens (including phenoxy) is 1. The van der Waals surface area contributed by atoms with Gasteiger partial charge < -0.3 is 15.0 Å². The Balaban J connectivity index is 1.39. The zero-order valence-corrected chi connectivity index (χ0v) is 16.3. The molecule has 0 atom stereocenters. The maximum atomic E-state index is 12.9. The van der Waals surface area contributed by atoms with E-state index in [-0.39, 0.29) is 17.0 Å². The molecule has 3 aromatic heterocycles. The van der Waals surface area contributed by atoms with Crippen LogP contribution in [0.1, 0.15) is 15.9 Å². The molecule has 5 aromatic rings. The van der Waals surface area contributed by atoms with E-state index in [4.69, 9.17) is 4.74 Å². The number of nitrogens with zero attached hydrogens (tertiary/aromatic N) is 3. The number of carbonyl (C=O) groups is 1. The van der Waals surface area contributed by atoms with Crippen LogP contribution in [0.3, 0.4) is 0 Å². The maximum absolute atomic E-state index is 12.9. The van der Waals surface area contributed by atoms with Gasteiger partial charge in [-0.3, -0.25) is 14.6 Å². The Morgan fingerprint density at radius 3 is 2.84 bits per heavy atom. The van der Waals surface area contributed by atoms with Gasteiger partial charge in [0, 0.05) is 29.7 Å². The smallest absolute Gasteiger partial charge is 0.261 e. The Labute approximate surface area is 176 Å². The normalized spacial score (nSPS) is 11.0. The van der Waals surface area contributed by atoms with Gasteiger partial charge in [-0.1, -0.05) is 24.3 Å². The lowest BCUT2D eigenvalue weighted by molar-refractivity contribution is 0.102. The minimum absolute atomic E-state index is 0.268. The van der Waals surface area contributed by atoms with Crippen molar-refractivity contribution < 1.29 is 9.53 Å². The first-order chi connectivity index (χ1) is 15.2. The van der Waals surface area contributed by atoms with E-state index in [1.807, 2.05) is 24.3 Å². The fraction of sp³-hybridized carbons (Fsp3) is 0.0435. The van der Waals surface area contributed by atoms with Gasteiger partial charge in [0.1, 0.15) is 23.6 Å². The van der Waals surface area contributed by atoms with E-state index in [9.17, 15) is 9.59 Å². The highest BCUT2D eigenvalue weighted by Crippen LogP contribution is 2.20. The summed E-state index contributed by atoms with van der Waals surface area (Å²) in [4.78, 5) is 32.1. The predicted octanol–water partition coefficient (Wildman–Crippen LogP) is 3.40. The zero-order chi connectivity index (χ0) is 21.2. The van der Waals surface area contributed by atoms with Gasteiger partial charge in [-0.05, 0) is 30.3 Å². The van der Waals surface area contributed by atoms with Gasteiger partial charge >= 0.3 is 0 Å². The monoisotopic (exact) mass is 411 g/mol. The SMILES string of the molecule is O=C(Nc1cccc(OCc2cccnc2)c1)c1cnn2c1[nH]c(=O)c1ccccc12. The number of aromatic amines is 1. The molecule has 2 aromatic carbocycles. The number of rotatable bonds is 5. The zero-order valence-electron chi connectivity index (χ0n) is 16.3. The van der Waals surface area contributed by atoms with E-state index < -0.39 is 0 Å². The maximum Gasteiger partial charge on any atom is 0.261 e. The minimum Gasteiger partial charge on any atom is -0.489 e. The van der Waals surface area contributed by atoms with Crippen molar-refractivity contribution in [3.05, 3.63) is 101 Å². The average molecular weight is 411 g/mol. The number of anilines is 1. The van der Waals surface area contributed by atoms with Gasteiger partial charge in [0.25, 0.3) is 11.5 Å². The van der Waals surface area contributed by atoms with Crippen molar-refractivity contribution in [1.29, 1.82) is 0 Å². The highest BCUT2D eigenvalue weighted by molar-refractivity contribution is 6.08. The molecule has 8 nitrogen and oxygen atoms in total. The number of nitrogens with one attached hydrogen (secondary N) is 2. The van der Waals surface area contributed by atoms with E-state index in [2.05, 4.69) is 20.4 Å². The van der Waals surface area contributed by atoms with Crippen LogP contribution in [0, 0.1) is 0 Å². The summed E-state index contributed by atoms with van der Waals surface area (Å²) in [6.45, 7) is 0.369. The first-order valence-corrected chi connectivity index (χ1v) is 9.61. The Bertz CT molecular complexity index is 1460. The van der Waals surface area contributed by atoms with Gasteiger partial charge in [0.2, 0.25) is 0 Å². The number of hydrogen-bond donors (Lipinski definition) is 2. The molecule has 0 fully saturated rings. The molecule has 3 heterocycles. The van der Waals surface area contributed by atoms with E-state index in [0.29, 0.717) is 34.6 Å². The van der Waals surface area contributed by atoms with Gasteiger partial charge in [0.05, 0.1) is 17.1 Å². The molecular formula is C23H17N5O3. The van der Waals surface area contributed by atoms with Crippen molar-refractivity contribution in [2.24, 2.45) is 0 Å². The van der Waals surface area contributed by atoms with Crippen LogP contribution in [0.15, 0.2) is 84.0 Å². The summed E-state index contributed by atoms with van der Waals surface area (Å²) in [5.74, 6) is 0.228. The van der Waals surface area contributed by atoms with E-state index in [0.717, 1.165) is 5.56 Å². The number of H-pyrrole nitrogens is 1. The van der Waals surface area contributed by atoms with Crippen LogP contribution in [-0.2, 0) is 6.61 Å². The molecule has 0 bridgehead atoms. The Hall–Kier alpha value is -4.46. The first kappa shape index (κ1) is 18.6. The van der Waals surface area contributed by atoms with Crippen LogP contribution in [0.5, 0.6) is 5.75 Å². The highest BCUT2D eigenvalue weighted by Gasteiger charge is 2.16. The lowest BCUT2D eigenvalue weighted by Crippen LogP contribution is -2.15. The fourth-order valence-corrected chi connectivity index (χ4v) is 3.35. The number of hydrogen-bond acceptors (Lipinski definition) is 5. The second kappa shape index (κ2) is 7.75. The molecule has 0 radical (unpaired) electrons. The first-order valence-electron chi connectivity index (χ1n) is 9.61. The number of amides is 1. The molecule has 0 aliphatic carbocycles. The summed E-state index contributed by atoms with van der Waals surface area (Å²) < 4.78 is 7.34. The molecular weight excluding hydrogens is 394 g/mol. The van der Waals surface area contributed by atoms with Gasteiger partial charge in [-0.25, -0.2) is 4.52 Å². The molecule has 0 aliphatic heterocycles. The van der Waals surface area contributed by atoms with E-state index in [1.165, 1.54) is 6.20 Å². The third-order valence-corrected chi connectivity index (χ3v) is 4.84. The lowest BCUT2D eigenvalue weighted by Gasteiger charge is -2.09. The number of carbonyl (C=O) groups excluding carboxylic acids is 1. The Morgan fingerprint density at radius 1 is 1.06 bits per heavy atom. The Kier molecular flexibility index (Phi) is 4.64. The van der Waals surface area contributed by atoms with Crippen molar-refractivity contribution in [2.45, 2.75) is 6.61 Å². The molecule has 5 rings (SSSR count). The molecule has 31 heavy (non-hydrogen) atoms. The van der Waals surface area contributed by atoms with Gasteiger partial charge in [0.15, 0.2) is 0 Å². The standard InChI is InChI=1S/C23H17N5O3/c29-22-18-8-1-2-9-20(18)28-21(27-22)19(13-25-28)23(30)26-16-6-3-7-17(11-16)31-14-15-5-4-10-24-12-15/h1-13H,14H2,(H,26,30)(H,27,29). The van der Waals surface area contributed by atoms with Crippen LogP contribution in [-0.4, -0.2) is 25.5 Å². The molecule has 0 unspecified atom stereocenters. The summed E-state index contributed by atoms with van der Waals surface area (Å²) in [7, 11) is 0. The molecule has 1 amide bonds. The van der Waals surface area contributed by atoms with Crippen molar-refractivity contribution in [3.8, 4) is 5.75 Å². The number of pyridine rings is 1. The van der Waals surface area contributed by atoms with E-state index >= 15 is 0 Å². The molecule has 0 aliphatic rings. The number of aromatic nitrogens is 4. The van der Waals surface area contributed by atoms with Gasteiger partial charge in [-0.15, -0.1) is 0 Å². The number of para-hydroxylation sites is 1. The van der Waals surface area contributed by atoms with Crippen LogP contribution < -0.4 is 15.6 Å².